The van der Waals surface area contributed by atoms with Gasteiger partial charge in [0.25, 0.3) is 0 Å². The molecule has 0 saturated carbocycles. The third-order valence-electron chi connectivity index (χ3n) is 5.86. The lowest BCUT2D eigenvalue weighted by molar-refractivity contribution is -0.138. The van der Waals surface area contributed by atoms with Crippen LogP contribution in [-0.2, 0) is 29.0 Å². The minimum Gasteiger partial charge on any atom is -0.480 e. The van der Waals surface area contributed by atoms with Crippen LogP contribution in [0.5, 0.6) is 0 Å². The summed E-state index contributed by atoms with van der Waals surface area (Å²) in [5.74, 6) is -0.964. The Bertz CT molecular complexity index is 1250. The lowest BCUT2D eigenvalue weighted by atomic mass is 10.0. The highest BCUT2D eigenvalue weighted by Gasteiger charge is 2.23. The van der Waals surface area contributed by atoms with Crippen molar-refractivity contribution in [1.29, 1.82) is 0 Å². The highest BCUT2D eigenvalue weighted by atomic mass is 79.9. The van der Waals surface area contributed by atoms with Gasteiger partial charge in [-0.1, -0.05) is 91.0 Å². The molecule has 3 aromatic carbocycles. The van der Waals surface area contributed by atoms with E-state index in [0.717, 1.165) is 44.9 Å². The summed E-state index contributed by atoms with van der Waals surface area (Å²) in [5.41, 5.74) is 4.39. The molecule has 0 radical (unpaired) electrons. The highest BCUT2D eigenvalue weighted by molar-refractivity contribution is 9.11. The average Bonchev–Trinajstić information content (AvgIpc) is 3.28. The number of hydrogen-bond acceptors (Lipinski definition) is 5. The second kappa shape index (κ2) is 14.0. The van der Waals surface area contributed by atoms with Crippen molar-refractivity contribution in [2.75, 3.05) is 6.61 Å². The molecule has 1 aromatic heterocycles. The Morgan fingerprint density at radius 3 is 2.11 bits per heavy atom. The Kier molecular flexibility index (Phi) is 10.2. The number of rotatable bonds is 13. The summed E-state index contributed by atoms with van der Waals surface area (Å²) < 4.78 is 6.56. The first-order valence-electron chi connectivity index (χ1n) is 12.3. The van der Waals surface area contributed by atoms with Gasteiger partial charge in [-0.15, -0.1) is 11.3 Å². The predicted octanol–water partition coefficient (Wildman–Crippen LogP) is 6.98. The third-order valence-corrected chi connectivity index (χ3v) is 7.47. The fourth-order valence-corrected chi connectivity index (χ4v) is 5.65. The smallest absolute Gasteiger partial charge is 0.328 e. The van der Waals surface area contributed by atoms with E-state index in [2.05, 4.69) is 33.0 Å². The molecule has 0 bridgehead atoms. The highest BCUT2D eigenvalue weighted by Crippen LogP contribution is 2.27. The lowest BCUT2D eigenvalue weighted by Gasteiger charge is -2.13. The monoisotopic (exact) mass is 576 g/mol. The van der Waals surface area contributed by atoms with Gasteiger partial charge in [0, 0.05) is 29.0 Å². The minimum atomic E-state index is -0.964. The molecule has 1 N–H and O–H groups in total. The number of ether oxygens (including phenoxy) is 1. The molecule has 37 heavy (non-hydrogen) atoms. The number of aliphatic carboxylic acids is 1. The van der Waals surface area contributed by atoms with E-state index in [9.17, 15) is 9.90 Å². The molecule has 4 rings (SSSR count). The topological polar surface area (TPSA) is 71.8 Å². The van der Waals surface area contributed by atoms with E-state index in [0.29, 0.717) is 18.9 Å². The largest absolute Gasteiger partial charge is 0.480 e. The number of nitrogens with zero attached hydrogens (tertiary/aromatic N) is 2. The number of carboxylic acids is 1. The molecule has 4 aromatic rings. The fourth-order valence-electron chi connectivity index (χ4n) is 4.00. The number of unbranched alkanes of at least 4 members (excludes halogenated alkanes) is 1. The van der Waals surface area contributed by atoms with Gasteiger partial charge in [0.15, 0.2) is 9.96 Å². The Hall–Kier alpha value is -3.13. The van der Waals surface area contributed by atoms with Crippen LogP contribution in [0.4, 0.5) is 0 Å². The maximum atomic E-state index is 12.3. The first kappa shape index (κ1) is 26.9. The van der Waals surface area contributed by atoms with E-state index in [1.165, 1.54) is 5.56 Å². The number of hydrogen-bond donors (Lipinski definition) is 1. The minimum absolute atomic E-state index is 0.237. The predicted molar refractivity (Wildman–Crippen MR) is 153 cm³/mol. The molecule has 1 heterocycles. The number of halogens is 1. The quantitative estimate of drug-likeness (QED) is 0.138. The molecule has 1 atom stereocenters. The average molecular weight is 578 g/mol. The number of aryl methyl sites for hydroxylation is 1. The van der Waals surface area contributed by atoms with Crippen LogP contribution in [0, 0.1) is 0 Å². The molecule has 190 valence electrons. The second-order valence-electron chi connectivity index (χ2n) is 8.60. The molecule has 0 fully saturated rings. The summed E-state index contributed by atoms with van der Waals surface area (Å²) in [5, 5.41) is 10.1. The zero-order chi connectivity index (χ0) is 25.9. The van der Waals surface area contributed by atoms with Crippen molar-refractivity contribution < 1.29 is 14.6 Å². The van der Waals surface area contributed by atoms with Gasteiger partial charge in [0.2, 0.25) is 0 Å². The Morgan fingerprint density at radius 1 is 0.919 bits per heavy atom. The van der Waals surface area contributed by atoms with Gasteiger partial charge >= 0.3 is 5.97 Å². The van der Waals surface area contributed by atoms with E-state index in [1.807, 2.05) is 78.9 Å². The number of carbonyl (C=O) groups is 1. The van der Waals surface area contributed by atoms with Crippen molar-refractivity contribution in [2.45, 2.75) is 38.3 Å². The molecular formula is C30H29BrN2O3S. The van der Waals surface area contributed by atoms with Crippen LogP contribution < -0.4 is 0 Å². The lowest BCUT2D eigenvalue weighted by Crippen LogP contribution is -2.24. The first-order chi connectivity index (χ1) is 18.1. The van der Waals surface area contributed by atoms with Crippen LogP contribution in [0.1, 0.15) is 40.1 Å². The second-order valence-corrected chi connectivity index (χ2v) is 11.0. The zero-order valence-electron chi connectivity index (χ0n) is 20.4. The first-order valence-corrected chi connectivity index (χ1v) is 13.9. The van der Waals surface area contributed by atoms with Crippen molar-refractivity contribution in [1.82, 2.24) is 4.98 Å². The molecule has 0 aliphatic carbocycles. The van der Waals surface area contributed by atoms with Gasteiger partial charge in [-0.2, -0.15) is 0 Å². The van der Waals surface area contributed by atoms with Crippen LogP contribution in [0.2, 0.25) is 0 Å². The number of aromatic nitrogens is 1. The SMILES string of the molecule is O=C(O)[C@H](Cc1nc(Br)sc1CCCCOCc1ccccc1)N=C(c1ccccc1)c1ccccc1. The van der Waals surface area contributed by atoms with Gasteiger partial charge in [-0.25, -0.2) is 9.78 Å². The summed E-state index contributed by atoms with van der Waals surface area (Å²) in [6.45, 7) is 1.30. The van der Waals surface area contributed by atoms with E-state index in [1.54, 1.807) is 11.3 Å². The summed E-state index contributed by atoms with van der Waals surface area (Å²) >= 11 is 5.06. The molecule has 0 aliphatic rings. The summed E-state index contributed by atoms with van der Waals surface area (Å²) in [4.78, 5) is 22.8. The molecule has 5 nitrogen and oxygen atoms in total. The number of carboxylic acid groups (broad SMARTS) is 1. The molecule has 0 aliphatic heterocycles. The summed E-state index contributed by atoms with van der Waals surface area (Å²) in [6.07, 6.45) is 2.93. The van der Waals surface area contributed by atoms with E-state index >= 15 is 0 Å². The van der Waals surface area contributed by atoms with Gasteiger partial charge in [-0.05, 0) is 40.8 Å². The van der Waals surface area contributed by atoms with Crippen LogP contribution in [0.25, 0.3) is 0 Å². The summed E-state index contributed by atoms with van der Waals surface area (Å²) in [7, 11) is 0. The Morgan fingerprint density at radius 2 is 1.51 bits per heavy atom. The molecule has 0 amide bonds. The molecule has 7 heteroatoms. The third kappa shape index (κ3) is 8.18. The standard InChI is InChI=1S/C30H29BrN2O3S/c31-30-33-25(27(37-30)18-10-11-19-36-21-22-12-4-1-5-13-22)20-26(29(34)35)32-28(23-14-6-2-7-15-23)24-16-8-3-9-17-24/h1-9,12-17,26H,10-11,18-21H2,(H,34,35)/t26-/m0/s1. The van der Waals surface area contributed by atoms with Crippen molar-refractivity contribution in [3.63, 3.8) is 0 Å². The van der Waals surface area contributed by atoms with Crippen molar-refractivity contribution >= 4 is 38.9 Å². The molecular weight excluding hydrogens is 548 g/mol. The Labute approximate surface area is 230 Å². The van der Waals surface area contributed by atoms with Crippen LogP contribution in [0.15, 0.2) is 99.9 Å². The van der Waals surface area contributed by atoms with E-state index in [4.69, 9.17) is 9.73 Å². The fraction of sp³-hybridized carbons (Fsp3) is 0.233. The van der Waals surface area contributed by atoms with Gasteiger partial charge in [0.05, 0.1) is 18.0 Å². The van der Waals surface area contributed by atoms with Gasteiger partial charge in [-0.3, -0.25) is 4.99 Å². The maximum Gasteiger partial charge on any atom is 0.328 e. The van der Waals surface area contributed by atoms with E-state index < -0.39 is 12.0 Å². The van der Waals surface area contributed by atoms with Crippen molar-refractivity contribution in [3.8, 4) is 0 Å². The number of benzene rings is 3. The van der Waals surface area contributed by atoms with Gasteiger partial charge < -0.3 is 9.84 Å². The Balaban J connectivity index is 1.43. The van der Waals surface area contributed by atoms with E-state index in [-0.39, 0.29) is 6.42 Å². The number of aliphatic imine (C=N–C) groups is 1. The maximum absolute atomic E-state index is 12.3. The molecule has 0 unspecified atom stereocenters. The van der Waals surface area contributed by atoms with Gasteiger partial charge in [0.1, 0.15) is 0 Å². The normalized spacial score (nSPS) is 11.7. The van der Waals surface area contributed by atoms with Crippen LogP contribution in [-0.4, -0.2) is 34.4 Å². The van der Waals surface area contributed by atoms with Crippen LogP contribution in [0.3, 0.4) is 0 Å². The van der Waals surface area contributed by atoms with Crippen molar-refractivity contribution in [3.05, 3.63) is 122 Å². The molecule has 0 spiro atoms. The van der Waals surface area contributed by atoms with Crippen molar-refractivity contribution in [2.24, 2.45) is 4.99 Å². The number of thiazole rings is 1. The zero-order valence-corrected chi connectivity index (χ0v) is 22.8. The van der Waals surface area contributed by atoms with Crippen LogP contribution >= 0.6 is 27.3 Å². The summed E-state index contributed by atoms with van der Waals surface area (Å²) in [6, 6.07) is 28.6. The molecule has 0 saturated heterocycles.